The second kappa shape index (κ2) is 5.53. The monoisotopic (exact) mass is 248 g/mol. The maximum Gasteiger partial charge on any atom is 0.336 e. The molecule has 1 unspecified atom stereocenters. The molecule has 1 aliphatic rings. The standard InChI is InChI=1S/C15H20O3/c16-14(17)15(18,13-9-5-2-6-10-13)11-12-7-3-1-4-8-12/h1,3-4,7-8,13,18H,2,5-6,9-11H2,(H,16,17). The van der Waals surface area contributed by atoms with E-state index in [2.05, 4.69) is 0 Å². The van der Waals surface area contributed by atoms with E-state index in [-0.39, 0.29) is 12.3 Å². The molecule has 0 saturated heterocycles. The van der Waals surface area contributed by atoms with Crippen LogP contribution in [-0.2, 0) is 11.2 Å². The number of rotatable bonds is 4. The number of hydrogen-bond acceptors (Lipinski definition) is 2. The molecule has 0 spiro atoms. The molecular weight excluding hydrogens is 228 g/mol. The average molecular weight is 248 g/mol. The summed E-state index contributed by atoms with van der Waals surface area (Å²) < 4.78 is 0. The fraction of sp³-hybridized carbons (Fsp3) is 0.533. The summed E-state index contributed by atoms with van der Waals surface area (Å²) in [6, 6.07) is 9.38. The van der Waals surface area contributed by atoms with Crippen molar-refractivity contribution < 1.29 is 15.0 Å². The van der Waals surface area contributed by atoms with E-state index in [4.69, 9.17) is 0 Å². The van der Waals surface area contributed by atoms with Crippen molar-refractivity contribution in [3.8, 4) is 0 Å². The van der Waals surface area contributed by atoms with Gasteiger partial charge in [-0.25, -0.2) is 4.79 Å². The van der Waals surface area contributed by atoms with E-state index in [9.17, 15) is 15.0 Å². The van der Waals surface area contributed by atoms with Gasteiger partial charge in [0.2, 0.25) is 0 Å². The molecule has 1 aromatic carbocycles. The summed E-state index contributed by atoms with van der Waals surface area (Å²) >= 11 is 0. The van der Waals surface area contributed by atoms with Gasteiger partial charge in [0, 0.05) is 6.42 Å². The van der Waals surface area contributed by atoms with Crippen molar-refractivity contribution in [1.29, 1.82) is 0 Å². The quantitative estimate of drug-likeness (QED) is 0.861. The fourth-order valence-electron chi connectivity index (χ4n) is 2.88. The SMILES string of the molecule is O=C(O)C(O)(Cc1ccccc1)C1CCCCC1. The van der Waals surface area contributed by atoms with Gasteiger partial charge in [0.1, 0.15) is 0 Å². The molecule has 0 amide bonds. The average Bonchev–Trinajstić information content (AvgIpc) is 2.40. The van der Waals surface area contributed by atoms with Gasteiger partial charge in [-0.2, -0.15) is 0 Å². The lowest BCUT2D eigenvalue weighted by molar-refractivity contribution is -0.166. The van der Waals surface area contributed by atoms with E-state index < -0.39 is 11.6 Å². The van der Waals surface area contributed by atoms with Gasteiger partial charge in [-0.1, -0.05) is 49.6 Å². The predicted molar refractivity (Wildman–Crippen MR) is 69.3 cm³/mol. The van der Waals surface area contributed by atoms with Gasteiger partial charge in [-0.15, -0.1) is 0 Å². The normalized spacial score (nSPS) is 20.3. The van der Waals surface area contributed by atoms with Crippen LogP contribution in [0.15, 0.2) is 30.3 Å². The summed E-state index contributed by atoms with van der Waals surface area (Å²) in [4.78, 5) is 11.5. The molecule has 2 N–H and O–H groups in total. The van der Waals surface area contributed by atoms with Crippen LogP contribution in [-0.4, -0.2) is 21.8 Å². The van der Waals surface area contributed by atoms with E-state index >= 15 is 0 Å². The minimum atomic E-state index is -1.61. The summed E-state index contributed by atoms with van der Waals surface area (Å²) in [7, 11) is 0. The van der Waals surface area contributed by atoms with E-state index in [0.717, 1.165) is 37.7 Å². The number of aliphatic hydroxyl groups is 1. The van der Waals surface area contributed by atoms with Crippen LogP contribution in [0, 0.1) is 5.92 Å². The lowest BCUT2D eigenvalue weighted by atomic mass is 9.74. The van der Waals surface area contributed by atoms with Crippen LogP contribution in [0.1, 0.15) is 37.7 Å². The highest BCUT2D eigenvalue weighted by Crippen LogP contribution is 2.35. The largest absolute Gasteiger partial charge is 0.479 e. The smallest absolute Gasteiger partial charge is 0.336 e. The lowest BCUT2D eigenvalue weighted by Gasteiger charge is -2.35. The summed E-state index contributed by atoms with van der Waals surface area (Å²) in [5.74, 6) is -1.21. The van der Waals surface area contributed by atoms with Gasteiger partial charge < -0.3 is 10.2 Å². The molecule has 3 heteroatoms. The molecule has 2 rings (SSSR count). The molecule has 0 aliphatic heterocycles. The molecule has 0 bridgehead atoms. The minimum Gasteiger partial charge on any atom is -0.479 e. The summed E-state index contributed by atoms with van der Waals surface area (Å²) in [6.07, 6.45) is 5.03. The van der Waals surface area contributed by atoms with Gasteiger partial charge >= 0.3 is 5.97 Å². The van der Waals surface area contributed by atoms with Crippen molar-refractivity contribution in [2.45, 2.75) is 44.1 Å². The maximum absolute atomic E-state index is 11.5. The van der Waals surface area contributed by atoms with Gasteiger partial charge in [0.25, 0.3) is 0 Å². The molecule has 0 heterocycles. The zero-order valence-corrected chi connectivity index (χ0v) is 10.5. The second-order valence-electron chi connectivity index (χ2n) is 5.23. The van der Waals surface area contributed by atoms with Crippen molar-refractivity contribution in [2.24, 2.45) is 5.92 Å². The molecule has 0 aromatic heterocycles. The van der Waals surface area contributed by atoms with Crippen LogP contribution < -0.4 is 0 Å². The summed E-state index contributed by atoms with van der Waals surface area (Å²) in [5, 5.41) is 20.0. The molecule has 0 radical (unpaired) electrons. The van der Waals surface area contributed by atoms with Gasteiger partial charge in [-0.3, -0.25) is 0 Å². The first-order valence-electron chi connectivity index (χ1n) is 6.62. The Kier molecular flexibility index (Phi) is 4.02. The highest BCUT2D eigenvalue weighted by atomic mass is 16.4. The zero-order chi connectivity index (χ0) is 13.0. The van der Waals surface area contributed by atoms with E-state index in [1.54, 1.807) is 0 Å². The number of aliphatic carboxylic acids is 1. The van der Waals surface area contributed by atoms with Crippen LogP contribution in [0.25, 0.3) is 0 Å². The van der Waals surface area contributed by atoms with Crippen LogP contribution in [0.4, 0.5) is 0 Å². The zero-order valence-electron chi connectivity index (χ0n) is 10.5. The van der Waals surface area contributed by atoms with Crippen LogP contribution >= 0.6 is 0 Å². The number of hydrogen-bond donors (Lipinski definition) is 2. The topological polar surface area (TPSA) is 57.5 Å². The maximum atomic E-state index is 11.5. The third kappa shape index (κ3) is 2.72. The Balaban J connectivity index is 2.18. The molecule has 1 aliphatic carbocycles. The van der Waals surface area contributed by atoms with Crippen molar-refractivity contribution in [3.63, 3.8) is 0 Å². The van der Waals surface area contributed by atoms with E-state index in [1.807, 2.05) is 30.3 Å². The summed E-state index contributed by atoms with van der Waals surface area (Å²) in [6.45, 7) is 0. The number of benzene rings is 1. The second-order valence-corrected chi connectivity index (χ2v) is 5.23. The molecule has 1 atom stereocenters. The number of carboxylic acid groups (broad SMARTS) is 1. The number of carbonyl (C=O) groups is 1. The highest BCUT2D eigenvalue weighted by Gasteiger charge is 2.44. The Morgan fingerprint density at radius 3 is 2.33 bits per heavy atom. The van der Waals surface area contributed by atoms with E-state index in [1.165, 1.54) is 0 Å². The molecule has 1 aromatic rings. The Hall–Kier alpha value is -1.35. The Bertz CT molecular complexity index is 395. The lowest BCUT2D eigenvalue weighted by Crippen LogP contribution is -2.48. The van der Waals surface area contributed by atoms with Crippen LogP contribution in [0.3, 0.4) is 0 Å². The molecule has 1 fully saturated rings. The molecule has 18 heavy (non-hydrogen) atoms. The Morgan fingerprint density at radius 1 is 1.17 bits per heavy atom. The van der Waals surface area contributed by atoms with Crippen molar-refractivity contribution >= 4 is 5.97 Å². The first-order chi connectivity index (χ1) is 8.63. The first kappa shape index (κ1) is 13.1. The third-order valence-corrected chi connectivity index (χ3v) is 3.97. The molecule has 1 saturated carbocycles. The van der Waals surface area contributed by atoms with Crippen molar-refractivity contribution in [2.75, 3.05) is 0 Å². The Morgan fingerprint density at radius 2 is 1.78 bits per heavy atom. The summed E-state index contributed by atoms with van der Waals surface area (Å²) in [5.41, 5.74) is -0.727. The highest BCUT2D eigenvalue weighted by molar-refractivity contribution is 5.78. The fourth-order valence-corrected chi connectivity index (χ4v) is 2.88. The minimum absolute atomic E-state index is 0.121. The first-order valence-corrected chi connectivity index (χ1v) is 6.62. The molecule has 98 valence electrons. The van der Waals surface area contributed by atoms with Crippen LogP contribution in [0.5, 0.6) is 0 Å². The van der Waals surface area contributed by atoms with Crippen molar-refractivity contribution in [1.82, 2.24) is 0 Å². The predicted octanol–water partition coefficient (Wildman–Crippen LogP) is 2.63. The third-order valence-electron chi connectivity index (χ3n) is 3.97. The van der Waals surface area contributed by atoms with Gasteiger partial charge in [-0.05, 0) is 24.3 Å². The van der Waals surface area contributed by atoms with Gasteiger partial charge in [0.05, 0.1) is 0 Å². The number of carboxylic acids is 1. The van der Waals surface area contributed by atoms with E-state index in [0.29, 0.717) is 0 Å². The molecule has 3 nitrogen and oxygen atoms in total. The Labute approximate surface area is 107 Å². The van der Waals surface area contributed by atoms with Crippen LogP contribution in [0.2, 0.25) is 0 Å². The van der Waals surface area contributed by atoms with Crippen molar-refractivity contribution in [3.05, 3.63) is 35.9 Å². The van der Waals surface area contributed by atoms with Gasteiger partial charge in [0.15, 0.2) is 5.60 Å². The molecular formula is C15H20O3.